The summed E-state index contributed by atoms with van der Waals surface area (Å²) < 4.78 is 7.26. The van der Waals surface area contributed by atoms with Crippen molar-refractivity contribution in [3.05, 3.63) is 59.5 Å². The maximum absolute atomic E-state index is 14.0. The molecule has 8 heteroatoms. The number of rotatable bonds is 8. The Bertz CT molecular complexity index is 1340. The van der Waals surface area contributed by atoms with Gasteiger partial charge in [0.25, 0.3) is 0 Å². The maximum Gasteiger partial charge on any atom is 0.232 e. The van der Waals surface area contributed by atoms with E-state index in [1.807, 2.05) is 30.6 Å². The van der Waals surface area contributed by atoms with Crippen LogP contribution in [0.4, 0.5) is 5.69 Å². The van der Waals surface area contributed by atoms with Gasteiger partial charge in [-0.25, -0.2) is 4.98 Å². The lowest BCUT2D eigenvalue weighted by Crippen LogP contribution is -2.42. The number of nitrogens with one attached hydrogen (secondary N) is 1. The summed E-state index contributed by atoms with van der Waals surface area (Å²) >= 11 is 6.34. The van der Waals surface area contributed by atoms with Crippen molar-refractivity contribution in [3.63, 3.8) is 0 Å². The molecule has 0 radical (unpaired) electrons. The number of ether oxygens (including phenoxy) is 1. The topological polar surface area (TPSA) is 89.3 Å². The highest BCUT2D eigenvalue weighted by Crippen LogP contribution is 2.47. The first-order valence-electron chi connectivity index (χ1n) is 14.8. The molecule has 3 aliphatic carbocycles. The van der Waals surface area contributed by atoms with Gasteiger partial charge in [0.2, 0.25) is 11.8 Å². The Labute approximate surface area is 241 Å². The lowest BCUT2D eigenvalue weighted by Gasteiger charge is -2.41. The minimum Gasteiger partial charge on any atom is -0.480 e. The van der Waals surface area contributed by atoms with Gasteiger partial charge < -0.3 is 15.2 Å². The van der Waals surface area contributed by atoms with E-state index in [9.17, 15) is 9.90 Å². The highest BCUT2D eigenvalue weighted by atomic mass is 35.5. The van der Waals surface area contributed by atoms with Crippen LogP contribution in [0.3, 0.4) is 0 Å². The maximum atomic E-state index is 14.0. The van der Waals surface area contributed by atoms with Crippen LogP contribution in [0.15, 0.2) is 48.9 Å². The summed E-state index contributed by atoms with van der Waals surface area (Å²) in [5.41, 5.74) is 3.67. The Morgan fingerprint density at radius 2 is 1.85 bits per heavy atom. The molecule has 7 nitrogen and oxygen atoms in total. The number of anilines is 1. The van der Waals surface area contributed by atoms with Crippen molar-refractivity contribution >= 4 is 23.2 Å². The largest absolute Gasteiger partial charge is 0.480 e. The summed E-state index contributed by atoms with van der Waals surface area (Å²) in [7, 11) is 1.58. The molecule has 6 rings (SSSR count). The number of hydrogen-bond donors (Lipinski definition) is 2. The van der Waals surface area contributed by atoms with E-state index in [0.717, 1.165) is 61.8 Å². The van der Waals surface area contributed by atoms with Gasteiger partial charge >= 0.3 is 0 Å². The quantitative estimate of drug-likeness (QED) is 0.304. The van der Waals surface area contributed by atoms with Crippen LogP contribution in [0.1, 0.15) is 88.2 Å². The van der Waals surface area contributed by atoms with Crippen molar-refractivity contribution in [2.45, 2.75) is 88.7 Å². The molecule has 0 saturated heterocycles. The summed E-state index contributed by atoms with van der Waals surface area (Å²) in [6, 6.07) is 10.6. The predicted molar refractivity (Wildman–Crippen MR) is 157 cm³/mol. The molecule has 0 atom stereocenters. The van der Waals surface area contributed by atoms with E-state index in [2.05, 4.69) is 38.4 Å². The molecule has 1 aromatic carbocycles. The summed E-state index contributed by atoms with van der Waals surface area (Å²) in [6.45, 7) is 0. The Balaban J connectivity index is 1.13. The molecule has 40 heavy (non-hydrogen) atoms. The molecule has 2 aromatic heterocycles. The number of carbonyl (C=O) groups is 1. The minimum absolute atomic E-state index is 0.0958. The second kappa shape index (κ2) is 11.5. The van der Waals surface area contributed by atoms with Gasteiger partial charge in [-0.3, -0.25) is 9.48 Å². The molecule has 2 heterocycles. The number of benzene rings is 1. The van der Waals surface area contributed by atoms with Gasteiger partial charge in [0.05, 0.1) is 25.5 Å². The first-order chi connectivity index (χ1) is 19.4. The lowest BCUT2D eigenvalue weighted by molar-refractivity contribution is -0.130. The van der Waals surface area contributed by atoms with Crippen LogP contribution in [0.25, 0.3) is 11.1 Å². The number of amides is 1. The normalized spacial score (nSPS) is 26.8. The number of halogens is 1. The van der Waals surface area contributed by atoms with Crippen LogP contribution in [0.5, 0.6) is 5.88 Å². The Morgan fingerprint density at radius 1 is 1.07 bits per heavy atom. The molecule has 2 N–H and O–H groups in total. The third-order valence-corrected chi connectivity index (χ3v) is 9.66. The molecular formula is C32H39ClN4O3. The molecule has 1 amide bonds. The number of aliphatic hydroxyl groups excluding tert-OH is 1. The van der Waals surface area contributed by atoms with Crippen molar-refractivity contribution < 1.29 is 14.6 Å². The number of aromatic nitrogens is 3. The van der Waals surface area contributed by atoms with Crippen LogP contribution in [0, 0.1) is 11.3 Å². The first-order valence-corrected chi connectivity index (χ1v) is 15.1. The Hall–Kier alpha value is -2.90. The van der Waals surface area contributed by atoms with Gasteiger partial charge in [-0.15, -0.1) is 0 Å². The Morgan fingerprint density at radius 3 is 2.55 bits per heavy atom. The zero-order valence-corrected chi connectivity index (χ0v) is 23.9. The van der Waals surface area contributed by atoms with E-state index < -0.39 is 5.41 Å². The van der Waals surface area contributed by atoms with Crippen LogP contribution >= 0.6 is 11.6 Å². The average Bonchev–Trinajstić information content (AvgIpc) is 3.71. The van der Waals surface area contributed by atoms with Gasteiger partial charge in [-0.1, -0.05) is 23.7 Å². The zero-order valence-electron chi connectivity index (χ0n) is 23.2. The van der Waals surface area contributed by atoms with E-state index in [-0.39, 0.29) is 12.0 Å². The zero-order chi connectivity index (χ0) is 27.7. The number of methoxy groups -OCH3 is 1. The fraction of sp³-hybridized carbons (Fsp3) is 0.531. The van der Waals surface area contributed by atoms with E-state index in [0.29, 0.717) is 41.6 Å². The molecule has 0 spiro atoms. The number of pyridine rings is 1. The Kier molecular flexibility index (Phi) is 7.87. The molecule has 212 valence electrons. The number of nitrogens with zero attached hydrogens (tertiary/aromatic N) is 3. The van der Waals surface area contributed by atoms with Crippen molar-refractivity contribution in [2.75, 3.05) is 12.4 Å². The van der Waals surface area contributed by atoms with Crippen LogP contribution in [-0.4, -0.2) is 39.0 Å². The second-order valence-electron chi connectivity index (χ2n) is 12.2. The van der Waals surface area contributed by atoms with Crippen molar-refractivity contribution in [1.29, 1.82) is 0 Å². The number of aliphatic hydroxyl groups is 1. The molecule has 3 fully saturated rings. The summed E-state index contributed by atoms with van der Waals surface area (Å²) in [5.74, 6) is 1.47. The van der Waals surface area contributed by atoms with Gasteiger partial charge in [0.1, 0.15) is 5.02 Å². The van der Waals surface area contributed by atoms with E-state index in [1.54, 1.807) is 7.11 Å². The molecular weight excluding hydrogens is 524 g/mol. The summed E-state index contributed by atoms with van der Waals surface area (Å²) in [6.07, 6.45) is 15.9. The molecule has 3 aliphatic rings. The van der Waals surface area contributed by atoms with Crippen molar-refractivity contribution in [2.24, 2.45) is 11.3 Å². The fourth-order valence-corrected chi connectivity index (χ4v) is 7.06. The van der Waals surface area contributed by atoms with Crippen molar-refractivity contribution in [1.82, 2.24) is 14.8 Å². The molecule has 3 saturated carbocycles. The SMILES string of the molecule is COc1ncc(C2CCC(CC3(C(=O)Nc4cccc(-c5cnn(C6CC6)c5)c4)CCC(O)CC3)CC2)cc1Cl. The number of carbonyl (C=O) groups excluding carboxylic acids is 1. The number of hydrogen-bond acceptors (Lipinski definition) is 5. The summed E-state index contributed by atoms with van der Waals surface area (Å²) in [5, 5.41) is 18.6. The lowest BCUT2D eigenvalue weighted by atomic mass is 9.64. The van der Waals surface area contributed by atoms with E-state index in [4.69, 9.17) is 16.3 Å². The van der Waals surface area contributed by atoms with Crippen molar-refractivity contribution in [3.8, 4) is 17.0 Å². The molecule has 3 aromatic rings. The first kappa shape index (κ1) is 27.3. The van der Waals surface area contributed by atoms with Crippen LogP contribution in [0.2, 0.25) is 5.02 Å². The van der Waals surface area contributed by atoms with E-state index >= 15 is 0 Å². The molecule has 0 unspecified atom stereocenters. The minimum atomic E-state index is -0.450. The van der Waals surface area contributed by atoms with E-state index in [1.165, 1.54) is 18.4 Å². The standard InChI is InChI=1S/C32H39ClN4O3/c1-40-30-29(33)16-24(18-34-30)22-7-5-21(6-8-22)17-32(13-11-28(38)12-14-32)31(39)36-26-4-2-3-23(15-26)25-19-35-37(20-25)27-9-10-27/h2-4,15-16,18-22,27-28,38H,5-14,17H2,1H3,(H,36,39). The smallest absolute Gasteiger partial charge is 0.232 e. The van der Waals surface area contributed by atoms with Gasteiger partial charge in [0, 0.05) is 29.1 Å². The third-order valence-electron chi connectivity index (χ3n) is 9.39. The van der Waals surface area contributed by atoms with Crippen LogP contribution < -0.4 is 10.1 Å². The predicted octanol–water partition coefficient (Wildman–Crippen LogP) is 7.17. The molecule has 0 bridgehead atoms. The third kappa shape index (κ3) is 5.91. The van der Waals surface area contributed by atoms with Crippen LogP contribution in [-0.2, 0) is 4.79 Å². The summed E-state index contributed by atoms with van der Waals surface area (Å²) in [4.78, 5) is 18.3. The van der Waals surface area contributed by atoms with Gasteiger partial charge in [0.15, 0.2) is 0 Å². The van der Waals surface area contributed by atoms with Gasteiger partial charge in [-0.2, -0.15) is 5.10 Å². The second-order valence-corrected chi connectivity index (χ2v) is 12.6. The highest BCUT2D eigenvalue weighted by molar-refractivity contribution is 6.31. The molecule has 0 aliphatic heterocycles. The fourth-order valence-electron chi connectivity index (χ4n) is 6.81. The highest BCUT2D eigenvalue weighted by Gasteiger charge is 2.43. The monoisotopic (exact) mass is 562 g/mol. The average molecular weight is 563 g/mol. The van der Waals surface area contributed by atoms with Gasteiger partial charge in [-0.05, 0) is 112 Å².